The highest BCUT2D eigenvalue weighted by Crippen LogP contribution is 2.26. The summed E-state index contributed by atoms with van der Waals surface area (Å²) < 4.78 is 28.2. The van der Waals surface area contributed by atoms with Crippen LogP contribution in [0.1, 0.15) is 5.82 Å². The summed E-state index contributed by atoms with van der Waals surface area (Å²) in [6.45, 7) is -0.0255. The van der Waals surface area contributed by atoms with Gasteiger partial charge in [-0.2, -0.15) is 0 Å². The van der Waals surface area contributed by atoms with E-state index in [0.29, 0.717) is 5.82 Å². The molecule has 0 unspecified atom stereocenters. The lowest BCUT2D eigenvalue weighted by molar-refractivity contribution is -0.384. The van der Waals surface area contributed by atoms with Gasteiger partial charge in [-0.05, 0) is 12.1 Å². The van der Waals surface area contributed by atoms with E-state index in [1.165, 1.54) is 18.3 Å². The van der Waals surface area contributed by atoms with Gasteiger partial charge in [0.2, 0.25) is 10.0 Å². The lowest BCUT2D eigenvalue weighted by Gasteiger charge is -2.07. The second-order valence-corrected chi connectivity index (χ2v) is 6.32. The highest BCUT2D eigenvalue weighted by atomic mass is 35.5. The van der Waals surface area contributed by atoms with Crippen LogP contribution in [0, 0.1) is 10.1 Å². The van der Waals surface area contributed by atoms with Crippen LogP contribution >= 0.6 is 11.6 Å². The molecule has 0 atom stereocenters. The quantitative estimate of drug-likeness (QED) is 0.659. The van der Waals surface area contributed by atoms with Crippen molar-refractivity contribution in [3.8, 4) is 0 Å². The number of hydrogen-bond acceptors (Lipinski definition) is 5. The number of halogens is 1. The molecular weight excluding hydrogens is 320 g/mol. The molecule has 1 aromatic heterocycles. The molecule has 0 amide bonds. The normalized spacial score (nSPS) is 11.5. The van der Waals surface area contributed by atoms with Gasteiger partial charge in [0.05, 0.1) is 16.4 Å². The molecule has 112 valence electrons. The zero-order valence-corrected chi connectivity index (χ0v) is 12.4. The summed E-state index contributed by atoms with van der Waals surface area (Å²) in [6.07, 6.45) is 3.22. The van der Waals surface area contributed by atoms with E-state index < -0.39 is 20.6 Å². The third kappa shape index (κ3) is 3.38. The van der Waals surface area contributed by atoms with Gasteiger partial charge in [0.1, 0.15) is 10.8 Å². The summed E-state index contributed by atoms with van der Waals surface area (Å²) in [7, 11) is -2.17. The predicted octanol–water partition coefficient (Wildman–Crippen LogP) is 1.46. The number of nitrogens with zero attached hydrogens (tertiary/aromatic N) is 3. The number of aryl methyl sites for hydroxylation is 1. The highest BCUT2D eigenvalue weighted by Gasteiger charge is 2.20. The maximum atomic E-state index is 12.1. The zero-order chi connectivity index (χ0) is 15.6. The first-order valence-electron chi connectivity index (χ1n) is 5.71. The summed E-state index contributed by atoms with van der Waals surface area (Å²) in [5, 5.41) is 10.7. The van der Waals surface area contributed by atoms with Crippen LogP contribution < -0.4 is 4.72 Å². The van der Waals surface area contributed by atoms with Crippen LogP contribution in [0.5, 0.6) is 0 Å². The number of benzene rings is 1. The minimum Gasteiger partial charge on any atom is -0.337 e. The zero-order valence-electron chi connectivity index (χ0n) is 10.9. The number of sulfonamides is 1. The molecular formula is C11H11ClN4O4S. The van der Waals surface area contributed by atoms with E-state index in [-0.39, 0.29) is 16.5 Å². The fourth-order valence-corrected chi connectivity index (χ4v) is 2.80. The van der Waals surface area contributed by atoms with Crippen LogP contribution in [-0.4, -0.2) is 22.9 Å². The van der Waals surface area contributed by atoms with Gasteiger partial charge in [0.25, 0.3) is 5.69 Å². The van der Waals surface area contributed by atoms with Gasteiger partial charge in [-0.25, -0.2) is 18.1 Å². The Labute approximate surface area is 125 Å². The molecule has 0 aliphatic carbocycles. The van der Waals surface area contributed by atoms with Crippen molar-refractivity contribution in [2.75, 3.05) is 0 Å². The van der Waals surface area contributed by atoms with Gasteiger partial charge >= 0.3 is 0 Å². The Morgan fingerprint density at radius 1 is 1.48 bits per heavy atom. The van der Waals surface area contributed by atoms with Gasteiger partial charge in [-0.3, -0.25) is 10.1 Å². The number of aromatic nitrogens is 2. The predicted molar refractivity (Wildman–Crippen MR) is 75.3 cm³/mol. The van der Waals surface area contributed by atoms with Crippen LogP contribution in [0.15, 0.2) is 35.5 Å². The van der Waals surface area contributed by atoms with Gasteiger partial charge in [-0.1, -0.05) is 11.6 Å². The molecule has 8 nitrogen and oxygen atoms in total. The van der Waals surface area contributed by atoms with Gasteiger partial charge in [-0.15, -0.1) is 0 Å². The van der Waals surface area contributed by atoms with E-state index in [4.69, 9.17) is 11.6 Å². The Bertz CT molecular complexity index is 787. The molecule has 1 aromatic carbocycles. The summed E-state index contributed by atoms with van der Waals surface area (Å²) in [5.74, 6) is 0.516. The second-order valence-electron chi connectivity index (χ2n) is 4.15. The average Bonchev–Trinajstić information content (AvgIpc) is 2.82. The Morgan fingerprint density at radius 3 is 2.76 bits per heavy atom. The Hall–Kier alpha value is -1.97. The fraction of sp³-hybridized carbons (Fsp3) is 0.182. The number of nitro groups is 1. The summed E-state index contributed by atoms with van der Waals surface area (Å²) in [6, 6.07) is 3.30. The van der Waals surface area contributed by atoms with E-state index >= 15 is 0 Å². The van der Waals surface area contributed by atoms with Crippen LogP contribution in [-0.2, 0) is 23.6 Å². The number of nitro benzene ring substituents is 1. The number of hydrogen-bond donors (Lipinski definition) is 1. The minimum absolute atomic E-state index is 0.0255. The monoisotopic (exact) mass is 330 g/mol. The third-order valence-corrected chi connectivity index (χ3v) is 4.48. The summed E-state index contributed by atoms with van der Waals surface area (Å²) in [5.41, 5.74) is -0.462. The van der Waals surface area contributed by atoms with Crippen molar-refractivity contribution in [3.63, 3.8) is 0 Å². The molecule has 21 heavy (non-hydrogen) atoms. The van der Waals surface area contributed by atoms with Crippen molar-refractivity contribution in [1.29, 1.82) is 0 Å². The largest absolute Gasteiger partial charge is 0.337 e. The van der Waals surface area contributed by atoms with Crippen molar-refractivity contribution in [1.82, 2.24) is 14.3 Å². The number of nitrogens with one attached hydrogen (secondary N) is 1. The number of rotatable bonds is 5. The van der Waals surface area contributed by atoms with Gasteiger partial charge in [0.15, 0.2) is 0 Å². The van der Waals surface area contributed by atoms with E-state index in [9.17, 15) is 18.5 Å². The maximum absolute atomic E-state index is 12.1. The highest BCUT2D eigenvalue weighted by molar-refractivity contribution is 7.89. The standard InChI is InChI=1S/C11H11ClN4O4S/c1-15-5-4-13-11(15)7-14-21(19,20)8-2-3-9(12)10(6-8)16(17)18/h2-6,14H,7H2,1H3. The molecule has 0 saturated heterocycles. The van der Waals surface area contributed by atoms with Crippen molar-refractivity contribution in [3.05, 3.63) is 51.6 Å². The van der Waals surface area contributed by atoms with E-state index in [1.807, 2.05) is 0 Å². The minimum atomic E-state index is -3.89. The molecule has 1 heterocycles. The fourth-order valence-electron chi connectivity index (χ4n) is 1.61. The summed E-state index contributed by atoms with van der Waals surface area (Å²) in [4.78, 5) is 13.8. The lowest BCUT2D eigenvalue weighted by Crippen LogP contribution is -2.24. The van der Waals surface area contributed by atoms with Crippen LogP contribution in [0.3, 0.4) is 0 Å². The van der Waals surface area contributed by atoms with Crippen LogP contribution in [0.2, 0.25) is 5.02 Å². The first-order chi connectivity index (χ1) is 9.81. The molecule has 2 rings (SSSR count). The van der Waals surface area contributed by atoms with Crippen molar-refractivity contribution < 1.29 is 13.3 Å². The first-order valence-corrected chi connectivity index (χ1v) is 7.57. The van der Waals surface area contributed by atoms with Crippen LogP contribution in [0.25, 0.3) is 0 Å². The Morgan fingerprint density at radius 2 is 2.19 bits per heavy atom. The van der Waals surface area contributed by atoms with Crippen LogP contribution in [0.4, 0.5) is 5.69 Å². The molecule has 0 aliphatic rings. The Kier molecular flexibility index (Phi) is 4.26. The molecule has 2 aromatic rings. The van der Waals surface area contributed by atoms with E-state index in [2.05, 4.69) is 9.71 Å². The third-order valence-electron chi connectivity index (χ3n) is 2.77. The molecule has 0 saturated carbocycles. The maximum Gasteiger partial charge on any atom is 0.289 e. The van der Waals surface area contributed by atoms with Gasteiger partial charge in [0, 0.05) is 25.5 Å². The number of imidazole rings is 1. The smallest absolute Gasteiger partial charge is 0.289 e. The van der Waals surface area contributed by atoms with E-state index in [0.717, 1.165) is 6.07 Å². The average molecular weight is 331 g/mol. The summed E-state index contributed by atoms with van der Waals surface area (Å²) >= 11 is 5.65. The molecule has 0 bridgehead atoms. The van der Waals surface area contributed by atoms with Crippen molar-refractivity contribution in [2.45, 2.75) is 11.4 Å². The molecule has 10 heteroatoms. The molecule has 1 N–H and O–H groups in total. The topological polar surface area (TPSA) is 107 Å². The van der Waals surface area contributed by atoms with Crippen molar-refractivity contribution >= 4 is 27.3 Å². The molecule has 0 radical (unpaired) electrons. The molecule has 0 aliphatic heterocycles. The van der Waals surface area contributed by atoms with Crippen molar-refractivity contribution in [2.24, 2.45) is 7.05 Å². The van der Waals surface area contributed by atoms with Gasteiger partial charge < -0.3 is 4.57 Å². The molecule has 0 fully saturated rings. The second kappa shape index (κ2) is 5.80. The lowest BCUT2D eigenvalue weighted by atomic mass is 10.3. The Balaban J connectivity index is 2.26. The van der Waals surface area contributed by atoms with E-state index in [1.54, 1.807) is 17.8 Å². The SMILES string of the molecule is Cn1ccnc1CNS(=O)(=O)c1ccc(Cl)c([N+](=O)[O-])c1. The first kappa shape index (κ1) is 15.4. The molecule has 0 spiro atoms.